The van der Waals surface area contributed by atoms with Gasteiger partial charge in [-0.3, -0.25) is 14.2 Å². The number of hydrogen-bond donors (Lipinski definition) is 1. The van der Waals surface area contributed by atoms with E-state index in [4.69, 9.17) is 9.47 Å². The van der Waals surface area contributed by atoms with Crippen LogP contribution in [0.3, 0.4) is 0 Å². The second-order valence-electron chi connectivity index (χ2n) is 10.0. The maximum atomic E-state index is 13.6. The first-order chi connectivity index (χ1) is 18.3. The van der Waals surface area contributed by atoms with Gasteiger partial charge >= 0.3 is 11.9 Å². The van der Waals surface area contributed by atoms with Crippen molar-refractivity contribution in [2.45, 2.75) is 84.2 Å². The topological polar surface area (TPSA) is 122 Å². The zero-order valence-corrected chi connectivity index (χ0v) is 21.7. The van der Waals surface area contributed by atoms with Crippen molar-refractivity contribution in [1.82, 2.24) is 4.57 Å². The molecular weight excluding hydrogens is 488 g/mol. The van der Waals surface area contributed by atoms with Crippen LogP contribution in [0, 0.1) is 5.21 Å². The predicted octanol–water partition coefficient (Wildman–Crippen LogP) is 3.72. The number of cyclic esters (lactones) is 1. The van der Waals surface area contributed by atoms with Crippen molar-refractivity contribution < 1.29 is 28.9 Å². The average molecular weight is 521 g/mol. The zero-order chi connectivity index (χ0) is 27.0. The third-order valence-corrected chi connectivity index (χ3v) is 7.76. The fourth-order valence-corrected chi connectivity index (χ4v) is 5.56. The Morgan fingerprint density at radius 1 is 1.16 bits per heavy atom. The van der Waals surface area contributed by atoms with Crippen LogP contribution >= 0.6 is 0 Å². The van der Waals surface area contributed by atoms with Crippen molar-refractivity contribution in [2.75, 3.05) is 0 Å². The molecule has 0 amide bonds. The number of aliphatic hydroxyl groups is 1. The SMILES string of the molecule is CCCCCCCC(=O)OCc1c2c([n+]([O-])c3ccccc13)-c1cc3c(c(=O)n1C2)COC(=O)[C@]3(O)CC. The minimum Gasteiger partial charge on any atom is -0.618 e. The predicted molar refractivity (Wildman–Crippen MR) is 139 cm³/mol. The summed E-state index contributed by atoms with van der Waals surface area (Å²) in [6.45, 7) is 3.61. The number of esters is 2. The van der Waals surface area contributed by atoms with Gasteiger partial charge in [0.05, 0.1) is 23.1 Å². The molecule has 0 saturated heterocycles. The van der Waals surface area contributed by atoms with Gasteiger partial charge in [-0.25, -0.2) is 4.79 Å². The molecule has 2 aliphatic rings. The van der Waals surface area contributed by atoms with Gasteiger partial charge in [-0.1, -0.05) is 51.7 Å². The average Bonchev–Trinajstić information content (AvgIpc) is 3.31. The van der Waals surface area contributed by atoms with Gasteiger partial charge in [0.1, 0.15) is 18.9 Å². The number of fused-ring (bicyclic) bond motifs is 5. The number of para-hydroxylation sites is 1. The van der Waals surface area contributed by atoms with E-state index in [9.17, 15) is 24.7 Å². The highest BCUT2D eigenvalue weighted by Gasteiger charge is 2.46. The molecule has 1 N–H and O–H groups in total. The molecule has 0 bridgehead atoms. The van der Waals surface area contributed by atoms with Crippen LogP contribution in [0.4, 0.5) is 0 Å². The second kappa shape index (κ2) is 10.2. The van der Waals surface area contributed by atoms with E-state index in [0.29, 0.717) is 34.1 Å². The highest BCUT2D eigenvalue weighted by molar-refractivity contribution is 5.86. The number of nitrogens with zero attached hydrogens (tertiary/aromatic N) is 2. The molecule has 0 radical (unpaired) electrons. The van der Waals surface area contributed by atoms with E-state index in [2.05, 4.69) is 6.92 Å². The smallest absolute Gasteiger partial charge is 0.343 e. The molecular formula is C29H32N2O7. The molecule has 0 fully saturated rings. The Morgan fingerprint density at radius 2 is 1.92 bits per heavy atom. The number of carbonyl (C=O) groups is 2. The number of unbranched alkanes of at least 4 members (excludes halogenated alkanes) is 4. The van der Waals surface area contributed by atoms with Crippen LogP contribution in [0.1, 0.15) is 81.0 Å². The molecule has 3 aromatic rings. The van der Waals surface area contributed by atoms with E-state index in [1.54, 1.807) is 31.2 Å². The molecule has 200 valence electrons. The third-order valence-electron chi connectivity index (χ3n) is 7.76. The van der Waals surface area contributed by atoms with E-state index in [-0.39, 0.29) is 49.0 Å². The largest absolute Gasteiger partial charge is 0.618 e. The summed E-state index contributed by atoms with van der Waals surface area (Å²) in [7, 11) is 0. The number of benzene rings is 1. The molecule has 1 atom stereocenters. The van der Waals surface area contributed by atoms with E-state index in [1.807, 2.05) is 6.07 Å². The first-order valence-electron chi connectivity index (χ1n) is 13.3. The van der Waals surface area contributed by atoms with Crippen LogP contribution in [-0.2, 0) is 44.4 Å². The standard InChI is InChI=1S/C29H32N2O7/c1-3-5-6-7-8-13-25(32)37-16-20-18-11-9-10-12-23(18)31(36)26-19(20)15-30-24(26)14-22-21(27(30)33)17-38-28(34)29(22,35)4-2/h9-12,14,35H,3-8,13,15-17H2,1-2H3/t29-/m0/s1. The number of ether oxygens (including phenoxy) is 2. The number of aromatic nitrogens is 2. The molecule has 2 aromatic heterocycles. The lowest BCUT2D eigenvalue weighted by Gasteiger charge is -2.31. The molecule has 0 spiro atoms. The molecule has 4 heterocycles. The van der Waals surface area contributed by atoms with Crippen molar-refractivity contribution in [1.29, 1.82) is 0 Å². The summed E-state index contributed by atoms with van der Waals surface area (Å²) in [6, 6.07) is 8.60. The normalized spacial score (nSPS) is 17.6. The van der Waals surface area contributed by atoms with Gasteiger partial charge in [-0.05, 0) is 25.0 Å². The first-order valence-corrected chi connectivity index (χ1v) is 13.3. The third kappa shape index (κ3) is 4.15. The number of hydrogen-bond acceptors (Lipinski definition) is 7. The summed E-state index contributed by atoms with van der Waals surface area (Å²) < 4.78 is 13.0. The molecule has 0 saturated carbocycles. The molecule has 5 rings (SSSR count). The summed E-state index contributed by atoms with van der Waals surface area (Å²) in [6.07, 6.45) is 5.45. The first kappa shape index (κ1) is 25.9. The van der Waals surface area contributed by atoms with E-state index in [0.717, 1.165) is 36.8 Å². The second-order valence-corrected chi connectivity index (χ2v) is 10.0. The van der Waals surface area contributed by atoms with Crippen molar-refractivity contribution in [2.24, 2.45) is 0 Å². The summed E-state index contributed by atoms with van der Waals surface area (Å²) in [5, 5.41) is 25.4. The minimum atomic E-state index is -1.97. The molecule has 9 nitrogen and oxygen atoms in total. The van der Waals surface area contributed by atoms with E-state index in [1.165, 1.54) is 4.57 Å². The van der Waals surface area contributed by atoms with Crippen LogP contribution in [0.2, 0.25) is 0 Å². The van der Waals surface area contributed by atoms with E-state index >= 15 is 0 Å². The van der Waals surface area contributed by atoms with Gasteiger partial charge in [0.25, 0.3) is 5.56 Å². The summed E-state index contributed by atoms with van der Waals surface area (Å²) in [4.78, 5) is 38.5. The van der Waals surface area contributed by atoms with Crippen LogP contribution in [0.15, 0.2) is 35.1 Å². The Morgan fingerprint density at radius 3 is 2.68 bits per heavy atom. The maximum Gasteiger partial charge on any atom is 0.343 e. The maximum absolute atomic E-state index is 13.6. The highest BCUT2D eigenvalue weighted by atomic mass is 16.6. The Hall–Kier alpha value is -3.72. The summed E-state index contributed by atoms with van der Waals surface area (Å²) in [5.41, 5.74) is 0.176. The molecule has 1 aromatic carbocycles. The molecule has 2 aliphatic heterocycles. The quantitative estimate of drug-likeness (QED) is 0.154. The van der Waals surface area contributed by atoms with Gasteiger partial charge in [0.15, 0.2) is 5.60 Å². The van der Waals surface area contributed by atoms with E-state index < -0.39 is 17.1 Å². The lowest BCUT2D eigenvalue weighted by atomic mass is 9.86. The minimum absolute atomic E-state index is 0.0172. The number of rotatable bonds is 9. The summed E-state index contributed by atoms with van der Waals surface area (Å²) in [5.74, 6) is -1.11. The highest BCUT2D eigenvalue weighted by Crippen LogP contribution is 2.39. The molecule has 9 heteroatoms. The van der Waals surface area contributed by atoms with Crippen LogP contribution in [-0.4, -0.2) is 21.6 Å². The lowest BCUT2D eigenvalue weighted by Crippen LogP contribution is -2.44. The van der Waals surface area contributed by atoms with Gasteiger partial charge in [-0.2, -0.15) is 4.73 Å². The Kier molecular flexibility index (Phi) is 6.96. The number of carbonyl (C=O) groups excluding carboxylic acids is 2. The Labute approximate surface area is 220 Å². The fraction of sp³-hybridized carbons (Fsp3) is 0.448. The summed E-state index contributed by atoms with van der Waals surface area (Å²) >= 11 is 0. The Bertz CT molecular complexity index is 1490. The zero-order valence-electron chi connectivity index (χ0n) is 21.7. The van der Waals surface area contributed by atoms with Gasteiger partial charge in [0.2, 0.25) is 11.2 Å². The van der Waals surface area contributed by atoms with Crippen LogP contribution in [0.25, 0.3) is 22.3 Å². The molecule has 38 heavy (non-hydrogen) atoms. The van der Waals surface area contributed by atoms with Crippen LogP contribution in [0.5, 0.6) is 0 Å². The fourth-order valence-electron chi connectivity index (χ4n) is 5.56. The monoisotopic (exact) mass is 520 g/mol. The van der Waals surface area contributed by atoms with Gasteiger partial charge in [-0.15, -0.1) is 0 Å². The molecule has 0 unspecified atom stereocenters. The lowest BCUT2D eigenvalue weighted by molar-refractivity contribution is -0.565. The van der Waals surface area contributed by atoms with Crippen LogP contribution < -0.4 is 10.3 Å². The molecule has 0 aliphatic carbocycles. The number of pyridine rings is 2. The van der Waals surface area contributed by atoms with Crippen molar-refractivity contribution in [3.63, 3.8) is 0 Å². The van der Waals surface area contributed by atoms with Gasteiger partial charge < -0.3 is 19.8 Å². The van der Waals surface area contributed by atoms with Gasteiger partial charge in [0, 0.05) is 23.6 Å². The Balaban J connectivity index is 1.56. The van der Waals surface area contributed by atoms with Crippen molar-refractivity contribution >= 4 is 22.8 Å². The van der Waals surface area contributed by atoms with Crippen molar-refractivity contribution in [3.05, 3.63) is 68.1 Å². The van der Waals surface area contributed by atoms with Crippen molar-refractivity contribution in [3.8, 4) is 11.4 Å².